The van der Waals surface area contributed by atoms with Gasteiger partial charge in [0.2, 0.25) is 0 Å². The molecular formula is C16H16ClNO2. The SMILES string of the molecule is COc1ccc(C)cc1C1CNc2cc(Cl)ccc2O1. The van der Waals surface area contributed by atoms with Gasteiger partial charge in [-0.2, -0.15) is 0 Å². The van der Waals surface area contributed by atoms with Gasteiger partial charge in [-0.05, 0) is 37.3 Å². The number of halogens is 1. The van der Waals surface area contributed by atoms with Crippen LogP contribution in [0.2, 0.25) is 5.02 Å². The highest BCUT2D eigenvalue weighted by Crippen LogP contribution is 2.38. The molecule has 0 radical (unpaired) electrons. The second kappa shape index (κ2) is 5.25. The number of benzene rings is 2. The average molecular weight is 290 g/mol. The van der Waals surface area contributed by atoms with Crippen LogP contribution in [0.5, 0.6) is 11.5 Å². The second-order valence-corrected chi connectivity index (χ2v) is 5.31. The van der Waals surface area contributed by atoms with Crippen molar-refractivity contribution in [1.82, 2.24) is 0 Å². The normalized spacial score (nSPS) is 16.9. The van der Waals surface area contributed by atoms with E-state index in [4.69, 9.17) is 21.1 Å². The average Bonchev–Trinajstić information content (AvgIpc) is 2.46. The fourth-order valence-electron chi connectivity index (χ4n) is 2.42. The molecule has 104 valence electrons. The van der Waals surface area contributed by atoms with Gasteiger partial charge in [0.1, 0.15) is 17.6 Å². The van der Waals surface area contributed by atoms with Gasteiger partial charge < -0.3 is 14.8 Å². The van der Waals surface area contributed by atoms with Crippen LogP contribution < -0.4 is 14.8 Å². The number of rotatable bonds is 2. The van der Waals surface area contributed by atoms with Crippen LogP contribution in [0.3, 0.4) is 0 Å². The fraction of sp³-hybridized carbons (Fsp3) is 0.250. The number of ether oxygens (including phenoxy) is 2. The van der Waals surface area contributed by atoms with E-state index in [0.29, 0.717) is 11.6 Å². The lowest BCUT2D eigenvalue weighted by Crippen LogP contribution is -2.24. The van der Waals surface area contributed by atoms with Crippen LogP contribution in [0.1, 0.15) is 17.2 Å². The molecule has 1 aliphatic rings. The van der Waals surface area contributed by atoms with E-state index in [-0.39, 0.29) is 6.10 Å². The Morgan fingerprint density at radius 3 is 2.90 bits per heavy atom. The summed E-state index contributed by atoms with van der Waals surface area (Å²) in [5.74, 6) is 1.66. The Hall–Kier alpha value is -1.87. The summed E-state index contributed by atoms with van der Waals surface area (Å²) in [6.45, 7) is 2.75. The number of anilines is 1. The minimum Gasteiger partial charge on any atom is -0.496 e. The third kappa shape index (κ3) is 2.41. The van der Waals surface area contributed by atoms with Gasteiger partial charge in [0.15, 0.2) is 0 Å². The molecule has 0 aliphatic carbocycles. The van der Waals surface area contributed by atoms with Crippen molar-refractivity contribution in [2.24, 2.45) is 0 Å². The Balaban J connectivity index is 1.94. The Morgan fingerprint density at radius 1 is 1.25 bits per heavy atom. The molecule has 0 saturated heterocycles. The number of aryl methyl sites for hydroxylation is 1. The summed E-state index contributed by atoms with van der Waals surface area (Å²) in [7, 11) is 1.68. The molecule has 4 heteroatoms. The molecule has 1 heterocycles. The smallest absolute Gasteiger partial charge is 0.145 e. The van der Waals surface area contributed by atoms with Gasteiger partial charge >= 0.3 is 0 Å². The molecule has 0 saturated carbocycles. The molecule has 0 aromatic heterocycles. The van der Waals surface area contributed by atoms with Crippen LogP contribution in [0, 0.1) is 6.92 Å². The second-order valence-electron chi connectivity index (χ2n) is 4.87. The van der Waals surface area contributed by atoms with Crippen molar-refractivity contribution in [3.63, 3.8) is 0 Å². The highest BCUT2D eigenvalue weighted by molar-refractivity contribution is 6.30. The van der Waals surface area contributed by atoms with Crippen molar-refractivity contribution >= 4 is 17.3 Å². The Labute approximate surface area is 123 Å². The third-order valence-electron chi connectivity index (χ3n) is 3.42. The molecule has 1 N–H and O–H groups in total. The number of hydrogen-bond acceptors (Lipinski definition) is 3. The number of nitrogens with one attached hydrogen (secondary N) is 1. The molecule has 0 fully saturated rings. The molecule has 3 rings (SSSR count). The molecule has 0 spiro atoms. The summed E-state index contributed by atoms with van der Waals surface area (Å²) < 4.78 is 11.5. The van der Waals surface area contributed by atoms with Crippen molar-refractivity contribution in [2.75, 3.05) is 19.0 Å². The Kier molecular flexibility index (Phi) is 3.45. The number of fused-ring (bicyclic) bond motifs is 1. The summed E-state index contributed by atoms with van der Waals surface area (Å²) in [4.78, 5) is 0. The molecule has 20 heavy (non-hydrogen) atoms. The topological polar surface area (TPSA) is 30.5 Å². The highest BCUT2D eigenvalue weighted by Gasteiger charge is 2.23. The quantitative estimate of drug-likeness (QED) is 0.898. The first kappa shape index (κ1) is 13.1. The maximum absolute atomic E-state index is 6.07. The van der Waals surface area contributed by atoms with Crippen LogP contribution in [0.15, 0.2) is 36.4 Å². The predicted molar refractivity (Wildman–Crippen MR) is 81.0 cm³/mol. The van der Waals surface area contributed by atoms with Gasteiger partial charge in [-0.3, -0.25) is 0 Å². The van der Waals surface area contributed by atoms with Gasteiger partial charge in [0, 0.05) is 10.6 Å². The minimum atomic E-state index is -0.0708. The molecule has 3 nitrogen and oxygen atoms in total. The van der Waals surface area contributed by atoms with E-state index in [1.807, 2.05) is 30.3 Å². The first-order valence-corrected chi connectivity index (χ1v) is 6.90. The van der Waals surface area contributed by atoms with Crippen LogP contribution in [-0.2, 0) is 0 Å². The highest BCUT2D eigenvalue weighted by atomic mass is 35.5. The van der Waals surface area contributed by atoms with Crippen LogP contribution in [-0.4, -0.2) is 13.7 Å². The zero-order valence-corrected chi connectivity index (χ0v) is 12.2. The van der Waals surface area contributed by atoms with Gasteiger partial charge in [-0.15, -0.1) is 0 Å². The summed E-state index contributed by atoms with van der Waals surface area (Å²) >= 11 is 5.98. The van der Waals surface area contributed by atoms with E-state index >= 15 is 0 Å². The van der Waals surface area contributed by atoms with Crippen molar-refractivity contribution in [3.8, 4) is 11.5 Å². The van der Waals surface area contributed by atoms with Gasteiger partial charge in [-0.1, -0.05) is 23.2 Å². The first-order chi connectivity index (χ1) is 9.67. The van der Waals surface area contributed by atoms with Crippen molar-refractivity contribution < 1.29 is 9.47 Å². The largest absolute Gasteiger partial charge is 0.496 e. The van der Waals surface area contributed by atoms with Crippen molar-refractivity contribution in [3.05, 3.63) is 52.5 Å². The Morgan fingerprint density at radius 2 is 2.10 bits per heavy atom. The molecule has 1 atom stereocenters. The van der Waals surface area contributed by atoms with E-state index in [0.717, 1.165) is 22.7 Å². The van der Waals surface area contributed by atoms with Crippen LogP contribution in [0.4, 0.5) is 5.69 Å². The summed E-state index contributed by atoms with van der Waals surface area (Å²) in [5.41, 5.74) is 3.17. The maximum atomic E-state index is 6.07. The van der Waals surface area contributed by atoms with E-state index in [2.05, 4.69) is 18.3 Å². The van der Waals surface area contributed by atoms with E-state index in [9.17, 15) is 0 Å². The molecule has 1 aliphatic heterocycles. The van der Waals surface area contributed by atoms with Crippen LogP contribution in [0.25, 0.3) is 0 Å². The van der Waals surface area contributed by atoms with Crippen LogP contribution >= 0.6 is 11.6 Å². The van der Waals surface area contributed by atoms with E-state index in [1.165, 1.54) is 5.56 Å². The van der Waals surface area contributed by atoms with Crippen molar-refractivity contribution in [2.45, 2.75) is 13.0 Å². The molecule has 1 unspecified atom stereocenters. The zero-order valence-electron chi connectivity index (χ0n) is 11.4. The summed E-state index contributed by atoms with van der Waals surface area (Å²) in [6.07, 6.45) is -0.0708. The molecular weight excluding hydrogens is 274 g/mol. The van der Waals surface area contributed by atoms with Gasteiger partial charge in [0.05, 0.1) is 19.3 Å². The Bertz CT molecular complexity index is 642. The zero-order chi connectivity index (χ0) is 14.1. The lowest BCUT2D eigenvalue weighted by Gasteiger charge is -2.28. The number of methoxy groups -OCH3 is 1. The first-order valence-electron chi connectivity index (χ1n) is 6.52. The predicted octanol–water partition coefficient (Wildman–Crippen LogP) is 4.20. The van der Waals surface area contributed by atoms with Gasteiger partial charge in [0.25, 0.3) is 0 Å². The molecule has 0 amide bonds. The lowest BCUT2D eigenvalue weighted by atomic mass is 10.0. The summed E-state index contributed by atoms with van der Waals surface area (Å²) in [5, 5.41) is 4.06. The maximum Gasteiger partial charge on any atom is 0.145 e. The standard InChI is InChI=1S/C16H16ClNO2/c1-10-3-5-14(19-2)12(7-10)16-9-18-13-8-11(17)4-6-15(13)20-16/h3-8,16,18H,9H2,1-2H3. The monoisotopic (exact) mass is 289 g/mol. The van der Waals surface area contributed by atoms with Gasteiger partial charge in [-0.25, -0.2) is 0 Å². The lowest BCUT2D eigenvalue weighted by molar-refractivity contribution is 0.205. The van der Waals surface area contributed by atoms with E-state index in [1.54, 1.807) is 7.11 Å². The van der Waals surface area contributed by atoms with Crippen molar-refractivity contribution in [1.29, 1.82) is 0 Å². The molecule has 0 bridgehead atoms. The molecule has 2 aromatic rings. The van der Waals surface area contributed by atoms with E-state index < -0.39 is 0 Å². The minimum absolute atomic E-state index is 0.0708. The molecule has 2 aromatic carbocycles. The number of hydrogen-bond donors (Lipinski definition) is 1. The third-order valence-corrected chi connectivity index (χ3v) is 3.66. The summed E-state index contributed by atoms with van der Waals surface area (Å²) in [6, 6.07) is 11.7. The fourth-order valence-corrected chi connectivity index (χ4v) is 2.59.